The first kappa shape index (κ1) is 24.8. The minimum Gasteiger partial charge on any atom is -0.444 e. The number of aromatic nitrogens is 3. The van der Waals surface area contributed by atoms with Crippen LogP contribution in [0.15, 0.2) is 40.3 Å². The lowest BCUT2D eigenvalue weighted by Gasteiger charge is -2.43. The number of nitrogens with zero attached hydrogens (tertiary/aromatic N) is 5. The molecule has 0 spiro atoms. The molecule has 2 aliphatic rings. The average molecular weight is 534 g/mol. The number of carbonyl (C=O) groups is 1. The zero-order valence-electron chi connectivity index (χ0n) is 20.6. The highest BCUT2D eigenvalue weighted by Crippen LogP contribution is 2.30. The van der Waals surface area contributed by atoms with E-state index < -0.39 is 5.60 Å². The second-order valence-electron chi connectivity index (χ2n) is 10.6. The van der Waals surface area contributed by atoms with Gasteiger partial charge in [-0.3, -0.25) is 9.36 Å². The van der Waals surface area contributed by atoms with Crippen LogP contribution < -0.4 is 10.5 Å². The van der Waals surface area contributed by atoms with Crippen molar-refractivity contribution in [2.24, 2.45) is 5.92 Å². The third-order valence-electron chi connectivity index (χ3n) is 6.85. The number of carbonyl (C=O) groups excluding carboxylic acids is 1. The molecule has 0 radical (unpaired) electrons. The van der Waals surface area contributed by atoms with Gasteiger partial charge in [-0.25, -0.2) is 9.78 Å². The number of ether oxygens (including phenoxy) is 1. The molecule has 0 bridgehead atoms. The second kappa shape index (κ2) is 10.1. The van der Waals surface area contributed by atoms with Crippen LogP contribution in [0.3, 0.4) is 0 Å². The quantitative estimate of drug-likeness (QED) is 0.529. The number of rotatable bonds is 6. The molecule has 1 saturated carbocycles. The van der Waals surface area contributed by atoms with Crippen LogP contribution in [0, 0.1) is 5.92 Å². The van der Waals surface area contributed by atoms with Gasteiger partial charge in [0.25, 0.3) is 5.56 Å². The Balaban J connectivity index is 1.49. The smallest absolute Gasteiger partial charge is 0.410 e. The molecule has 1 saturated heterocycles. The van der Waals surface area contributed by atoms with E-state index in [4.69, 9.17) is 4.74 Å². The van der Waals surface area contributed by atoms with Crippen molar-refractivity contribution >= 4 is 27.7 Å². The van der Waals surface area contributed by atoms with Crippen molar-refractivity contribution in [2.45, 2.75) is 77.6 Å². The number of halogens is 1. The van der Waals surface area contributed by atoms with Crippen LogP contribution in [0.5, 0.6) is 0 Å². The van der Waals surface area contributed by atoms with Gasteiger partial charge in [0.05, 0.1) is 12.4 Å². The molecule has 1 amide bonds. The van der Waals surface area contributed by atoms with Gasteiger partial charge in [0.1, 0.15) is 16.4 Å². The fraction of sp³-hybridized carbons (Fsp3) is 0.640. The van der Waals surface area contributed by atoms with Crippen LogP contribution in [-0.4, -0.2) is 56.4 Å². The predicted molar refractivity (Wildman–Crippen MR) is 136 cm³/mol. The van der Waals surface area contributed by atoms with Crippen LogP contribution in [0.1, 0.15) is 66.0 Å². The van der Waals surface area contributed by atoms with E-state index in [1.807, 2.05) is 55.6 Å². The van der Waals surface area contributed by atoms with Gasteiger partial charge in [0.15, 0.2) is 0 Å². The number of imidazole rings is 1. The lowest BCUT2D eigenvalue weighted by atomic mass is 9.84. The summed E-state index contributed by atoms with van der Waals surface area (Å²) < 4.78 is 10.1. The summed E-state index contributed by atoms with van der Waals surface area (Å²) in [5, 5.41) is 0. The van der Waals surface area contributed by atoms with Crippen molar-refractivity contribution < 1.29 is 9.53 Å². The van der Waals surface area contributed by atoms with Gasteiger partial charge in [-0.15, -0.1) is 0 Å². The molecule has 9 heteroatoms. The predicted octanol–water partition coefficient (Wildman–Crippen LogP) is 4.88. The van der Waals surface area contributed by atoms with E-state index in [9.17, 15) is 9.59 Å². The first-order valence-corrected chi connectivity index (χ1v) is 13.1. The molecule has 1 unspecified atom stereocenters. The highest BCUT2D eigenvalue weighted by atomic mass is 79.9. The molecular weight excluding hydrogens is 498 g/mol. The topological polar surface area (TPSA) is 72.6 Å². The van der Waals surface area contributed by atoms with Gasteiger partial charge in [0.2, 0.25) is 0 Å². The summed E-state index contributed by atoms with van der Waals surface area (Å²) >= 11 is 3.36. The zero-order chi connectivity index (χ0) is 24.5. The van der Waals surface area contributed by atoms with Gasteiger partial charge in [0, 0.05) is 43.8 Å². The van der Waals surface area contributed by atoms with Crippen molar-refractivity contribution in [3.05, 3.63) is 45.8 Å². The number of anilines is 1. The van der Waals surface area contributed by atoms with Gasteiger partial charge in [-0.1, -0.05) is 6.42 Å². The molecule has 1 aliphatic carbocycles. The van der Waals surface area contributed by atoms with E-state index in [0.717, 1.165) is 36.2 Å². The first-order chi connectivity index (χ1) is 16.1. The Kier molecular flexibility index (Phi) is 7.40. The summed E-state index contributed by atoms with van der Waals surface area (Å²) in [6.07, 6.45) is 10.5. The zero-order valence-corrected chi connectivity index (χ0v) is 22.2. The van der Waals surface area contributed by atoms with E-state index >= 15 is 0 Å². The van der Waals surface area contributed by atoms with E-state index in [0.29, 0.717) is 12.5 Å². The molecule has 0 N–H and O–H groups in total. The molecule has 8 nitrogen and oxygen atoms in total. The minimum absolute atomic E-state index is 0.0598. The molecule has 2 fully saturated rings. The van der Waals surface area contributed by atoms with Crippen LogP contribution in [0.25, 0.3) is 0 Å². The maximum absolute atomic E-state index is 13.1. The summed E-state index contributed by atoms with van der Waals surface area (Å²) in [7, 11) is 0. The molecule has 4 rings (SSSR count). The Morgan fingerprint density at radius 1 is 1.29 bits per heavy atom. The highest BCUT2D eigenvalue weighted by Gasteiger charge is 2.34. The van der Waals surface area contributed by atoms with Crippen LogP contribution in [0.4, 0.5) is 10.5 Å². The van der Waals surface area contributed by atoms with Gasteiger partial charge in [-0.2, -0.15) is 0 Å². The number of piperidine rings is 1. The van der Waals surface area contributed by atoms with E-state index in [-0.39, 0.29) is 23.9 Å². The summed E-state index contributed by atoms with van der Waals surface area (Å²) in [5.74, 6) is 0.566. The fourth-order valence-corrected chi connectivity index (χ4v) is 5.06. The maximum Gasteiger partial charge on any atom is 0.410 e. The fourth-order valence-electron chi connectivity index (χ4n) is 4.73. The van der Waals surface area contributed by atoms with Crippen molar-refractivity contribution in [1.29, 1.82) is 0 Å². The van der Waals surface area contributed by atoms with Crippen LogP contribution in [0.2, 0.25) is 0 Å². The van der Waals surface area contributed by atoms with Crippen molar-refractivity contribution in [2.75, 3.05) is 24.5 Å². The molecule has 2 aromatic rings. The summed E-state index contributed by atoms with van der Waals surface area (Å²) in [6, 6.07) is 3.78. The third-order valence-corrected chi connectivity index (χ3v) is 7.26. The van der Waals surface area contributed by atoms with Crippen LogP contribution >= 0.6 is 15.9 Å². The SMILES string of the molecule is CC(n1cnc(Br)c1)n1ccc(N2CCC[C@@H](N(CC3CCC3)C(=O)OC(C)(C)C)C2)cc1=O. The van der Waals surface area contributed by atoms with Gasteiger partial charge >= 0.3 is 6.09 Å². The Bertz CT molecular complexity index is 1060. The first-order valence-electron chi connectivity index (χ1n) is 12.3. The molecule has 2 aromatic heterocycles. The number of amides is 1. The molecule has 2 atom stereocenters. The number of hydrogen-bond acceptors (Lipinski definition) is 5. The monoisotopic (exact) mass is 533 g/mol. The van der Waals surface area contributed by atoms with E-state index in [1.54, 1.807) is 17.0 Å². The van der Waals surface area contributed by atoms with Crippen LogP contribution in [-0.2, 0) is 4.74 Å². The largest absolute Gasteiger partial charge is 0.444 e. The Morgan fingerprint density at radius 2 is 2.06 bits per heavy atom. The standard InChI is InChI=1S/C25H36BrN5O3/c1-18(29-16-22(26)27-17-29)30-12-10-20(13-23(30)32)28-11-6-9-21(15-28)31(14-19-7-5-8-19)24(33)34-25(2,3)4/h10,12-13,16-19,21H,5-9,11,14-15H2,1-4H3/t18?,21-/m1/s1. The summed E-state index contributed by atoms with van der Waals surface area (Å²) in [5.41, 5.74) is 0.322. The van der Waals surface area contributed by atoms with E-state index in [2.05, 4.69) is 25.8 Å². The number of pyridine rings is 1. The second-order valence-corrected chi connectivity index (χ2v) is 11.4. The maximum atomic E-state index is 13.1. The Morgan fingerprint density at radius 3 is 2.65 bits per heavy atom. The molecule has 0 aromatic carbocycles. The molecule has 3 heterocycles. The van der Waals surface area contributed by atoms with Gasteiger partial charge < -0.3 is 19.1 Å². The Hall–Kier alpha value is -2.29. The Labute approximate surface area is 210 Å². The lowest BCUT2D eigenvalue weighted by Crippen LogP contribution is -2.53. The third kappa shape index (κ3) is 5.85. The molecule has 1 aliphatic heterocycles. The molecule has 34 heavy (non-hydrogen) atoms. The van der Waals surface area contributed by atoms with Crippen molar-refractivity contribution in [3.63, 3.8) is 0 Å². The lowest BCUT2D eigenvalue weighted by molar-refractivity contribution is 0.00736. The highest BCUT2D eigenvalue weighted by molar-refractivity contribution is 9.10. The summed E-state index contributed by atoms with van der Waals surface area (Å²) in [4.78, 5) is 34.5. The van der Waals surface area contributed by atoms with Crippen molar-refractivity contribution in [1.82, 2.24) is 19.0 Å². The van der Waals surface area contributed by atoms with E-state index in [1.165, 1.54) is 19.3 Å². The minimum atomic E-state index is -0.519. The van der Waals surface area contributed by atoms with Crippen molar-refractivity contribution in [3.8, 4) is 0 Å². The molecular formula is C25H36BrN5O3. The number of hydrogen-bond donors (Lipinski definition) is 0. The summed E-state index contributed by atoms with van der Waals surface area (Å²) in [6.45, 7) is 10.0. The van der Waals surface area contributed by atoms with Gasteiger partial charge in [-0.05, 0) is 81.3 Å². The normalized spacial score (nSPS) is 20.0. The average Bonchev–Trinajstić information content (AvgIpc) is 3.17. The molecule has 186 valence electrons.